The maximum Gasteiger partial charge on any atom is 0.307 e. The lowest BCUT2D eigenvalue weighted by molar-refractivity contribution is -0.136. The molecule has 3 N–H and O–H groups in total. The van der Waals surface area contributed by atoms with Crippen LogP contribution in [0.3, 0.4) is 0 Å². The van der Waals surface area contributed by atoms with E-state index in [0.29, 0.717) is 6.54 Å². The number of nitrogens with one attached hydrogen (secondary N) is 2. The second kappa shape index (κ2) is 11.0. The van der Waals surface area contributed by atoms with Gasteiger partial charge in [0, 0.05) is 23.4 Å². The molecule has 0 aliphatic carbocycles. The van der Waals surface area contributed by atoms with Crippen LogP contribution in [0.2, 0.25) is 5.02 Å². The van der Waals surface area contributed by atoms with E-state index in [0.717, 1.165) is 37.6 Å². The Balaban J connectivity index is 1.64. The lowest BCUT2D eigenvalue weighted by Crippen LogP contribution is -2.37. The Morgan fingerprint density at radius 2 is 1.92 bits per heavy atom. The number of carboxylic acids is 1. The molecular formula is C26H22ClF3N2O4. The Hall–Kier alpha value is -3.56. The number of amides is 1. The summed E-state index contributed by atoms with van der Waals surface area (Å²) >= 11 is 6.17. The normalized spacial score (nSPS) is 15.4. The smallest absolute Gasteiger partial charge is 0.307 e. The van der Waals surface area contributed by atoms with E-state index in [9.17, 15) is 18.4 Å². The first-order valence-corrected chi connectivity index (χ1v) is 11.6. The molecule has 0 aromatic heterocycles. The number of carbonyl (C=O) groups excluding carboxylic acids is 1. The molecule has 0 unspecified atom stereocenters. The molecule has 1 saturated heterocycles. The van der Waals surface area contributed by atoms with Crippen molar-refractivity contribution in [3.8, 4) is 16.9 Å². The van der Waals surface area contributed by atoms with E-state index < -0.39 is 41.3 Å². The number of aliphatic carboxylic acids is 1. The highest BCUT2D eigenvalue weighted by atomic mass is 35.5. The summed E-state index contributed by atoms with van der Waals surface area (Å²) in [5.74, 6) is -4.43. The first-order chi connectivity index (χ1) is 17.2. The molecule has 0 saturated carbocycles. The van der Waals surface area contributed by atoms with Gasteiger partial charge in [-0.15, -0.1) is 0 Å². The summed E-state index contributed by atoms with van der Waals surface area (Å²) < 4.78 is 49.8. The summed E-state index contributed by atoms with van der Waals surface area (Å²) in [4.78, 5) is 24.0. The van der Waals surface area contributed by atoms with Crippen LogP contribution in [-0.4, -0.2) is 36.2 Å². The first kappa shape index (κ1) is 25.5. The number of carbonyl (C=O) groups is 2. The second-order valence-electron chi connectivity index (χ2n) is 8.34. The topological polar surface area (TPSA) is 87.7 Å². The molecule has 188 valence electrons. The highest BCUT2D eigenvalue weighted by Crippen LogP contribution is 2.36. The fourth-order valence-electron chi connectivity index (χ4n) is 4.02. The van der Waals surface area contributed by atoms with Gasteiger partial charge in [-0.3, -0.25) is 9.59 Å². The minimum Gasteiger partial charge on any atom is -0.488 e. The van der Waals surface area contributed by atoms with Crippen molar-refractivity contribution in [3.05, 3.63) is 82.1 Å². The fraction of sp³-hybridized carbons (Fsp3) is 0.231. The third-order valence-electron chi connectivity index (χ3n) is 5.76. The van der Waals surface area contributed by atoms with Crippen LogP contribution in [0.5, 0.6) is 5.75 Å². The molecule has 36 heavy (non-hydrogen) atoms. The monoisotopic (exact) mass is 518 g/mol. The predicted molar refractivity (Wildman–Crippen MR) is 129 cm³/mol. The highest BCUT2D eigenvalue weighted by molar-refractivity contribution is 6.32. The number of halogens is 4. The zero-order valence-electron chi connectivity index (χ0n) is 18.9. The third-order valence-corrected chi connectivity index (χ3v) is 6.05. The van der Waals surface area contributed by atoms with E-state index in [1.165, 1.54) is 30.3 Å². The third kappa shape index (κ3) is 5.80. The molecule has 1 heterocycles. The fourth-order valence-corrected chi connectivity index (χ4v) is 4.22. The van der Waals surface area contributed by atoms with Gasteiger partial charge in [-0.25, -0.2) is 13.2 Å². The number of piperidine rings is 1. The minimum atomic E-state index is -1.23. The quantitative estimate of drug-likeness (QED) is 0.388. The standard InChI is InChI=1S/C26H22ClF3N2O4/c27-20-12-21(29)19(11-23(20)36-16-3-2-8-31-13-16)17-4-1-5-18(25(17)30)26(35)32-22-7-6-15(28)9-14(22)10-24(33)34/h1,4-7,9,11-12,16,31H,2-3,8,10,13H2,(H,32,35)(H,33,34)/t16-/m1/s1. The molecular weight excluding hydrogens is 497 g/mol. The van der Waals surface area contributed by atoms with Crippen LogP contribution in [0.4, 0.5) is 18.9 Å². The Morgan fingerprint density at radius 1 is 1.11 bits per heavy atom. The van der Waals surface area contributed by atoms with E-state index in [4.69, 9.17) is 21.4 Å². The molecule has 3 aromatic rings. The van der Waals surface area contributed by atoms with Gasteiger partial charge in [-0.2, -0.15) is 0 Å². The summed E-state index contributed by atoms with van der Waals surface area (Å²) in [5, 5.41) is 14.7. The van der Waals surface area contributed by atoms with Gasteiger partial charge in [-0.1, -0.05) is 23.7 Å². The van der Waals surface area contributed by atoms with E-state index >= 15 is 4.39 Å². The molecule has 4 rings (SSSR count). The summed E-state index contributed by atoms with van der Waals surface area (Å²) in [6.07, 6.45) is 0.968. The summed E-state index contributed by atoms with van der Waals surface area (Å²) in [7, 11) is 0. The van der Waals surface area contributed by atoms with Crippen molar-refractivity contribution in [1.82, 2.24) is 5.32 Å². The van der Waals surface area contributed by atoms with Crippen LogP contribution in [0.1, 0.15) is 28.8 Å². The maximum absolute atomic E-state index is 15.5. The molecule has 1 amide bonds. The van der Waals surface area contributed by atoms with E-state index in [1.807, 2.05) is 0 Å². The van der Waals surface area contributed by atoms with Crippen LogP contribution in [0.25, 0.3) is 11.1 Å². The molecule has 1 aliphatic heterocycles. The molecule has 6 nitrogen and oxygen atoms in total. The largest absolute Gasteiger partial charge is 0.488 e. The molecule has 0 bridgehead atoms. The van der Waals surface area contributed by atoms with Crippen molar-refractivity contribution in [2.45, 2.75) is 25.4 Å². The summed E-state index contributed by atoms with van der Waals surface area (Å²) in [6.45, 7) is 1.47. The lowest BCUT2D eigenvalue weighted by atomic mass is 10.0. The Morgan fingerprint density at radius 3 is 2.64 bits per heavy atom. The van der Waals surface area contributed by atoms with Crippen molar-refractivity contribution in [1.29, 1.82) is 0 Å². The Labute approximate surface area is 210 Å². The van der Waals surface area contributed by atoms with Gasteiger partial charge < -0.3 is 20.5 Å². The SMILES string of the molecule is O=C(O)Cc1cc(F)ccc1NC(=O)c1cccc(-c2cc(O[C@@H]3CCCNC3)c(Cl)cc2F)c1F. The average molecular weight is 519 g/mol. The maximum atomic E-state index is 15.5. The van der Waals surface area contributed by atoms with Gasteiger partial charge in [0.15, 0.2) is 0 Å². The number of benzene rings is 3. The Bertz CT molecular complexity index is 1310. The van der Waals surface area contributed by atoms with Crippen molar-refractivity contribution < 1.29 is 32.6 Å². The lowest BCUT2D eigenvalue weighted by Gasteiger charge is -2.24. The van der Waals surface area contributed by atoms with Crippen molar-refractivity contribution in [2.24, 2.45) is 0 Å². The second-order valence-corrected chi connectivity index (χ2v) is 8.75. The predicted octanol–water partition coefficient (Wildman–Crippen LogP) is 5.43. The van der Waals surface area contributed by atoms with E-state index in [2.05, 4.69) is 10.6 Å². The number of carboxylic acid groups (broad SMARTS) is 1. The first-order valence-electron chi connectivity index (χ1n) is 11.2. The molecule has 0 radical (unpaired) electrons. The van der Waals surface area contributed by atoms with Crippen LogP contribution < -0.4 is 15.4 Å². The molecule has 0 spiro atoms. The van der Waals surface area contributed by atoms with Crippen LogP contribution in [0, 0.1) is 17.5 Å². The van der Waals surface area contributed by atoms with Gasteiger partial charge in [0.1, 0.15) is 29.3 Å². The minimum absolute atomic E-state index is 0.00940. The number of rotatable bonds is 7. The molecule has 3 aromatic carbocycles. The molecule has 1 fully saturated rings. The number of hydrogen-bond acceptors (Lipinski definition) is 4. The van der Waals surface area contributed by atoms with Crippen molar-refractivity contribution in [3.63, 3.8) is 0 Å². The van der Waals surface area contributed by atoms with Gasteiger partial charge >= 0.3 is 5.97 Å². The average Bonchev–Trinajstić information content (AvgIpc) is 2.83. The van der Waals surface area contributed by atoms with E-state index in [-0.39, 0.29) is 39.3 Å². The molecule has 1 aliphatic rings. The van der Waals surface area contributed by atoms with Gasteiger partial charge in [0.25, 0.3) is 5.91 Å². The van der Waals surface area contributed by atoms with Gasteiger partial charge in [-0.05, 0) is 61.3 Å². The molecule has 10 heteroatoms. The number of anilines is 1. The van der Waals surface area contributed by atoms with Crippen molar-refractivity contribution in [2.75, 3.05) is 18.4 Å². The zero-order valence-corrected chi connectivity index (χ0v) is 19.7. The molecule has 1 atom stereocenters. The van der Waals surface area contributed by atoms with Gasteiger partial charge in [0.2, 0.25) is 0 Å². The van der Waals surface area contributed by atoms with Crippen LogP contribution in [-0.2, 0) is 11.2 Å². The Kier molecular flexibility index (Phi) is 7.81. The highest BCUT2D eigenvalue weighted by Gasteiger charge is 2.22. The van der Waals surface area contributed by atoms with Gasteiger partial charge in [0.05, 0.1) is 17.0 Å². The van der Waals surface area contributed by atoms with Crippen LogP contribution >= 0.6 is 11.6 Å². The summed E-state index contributed by atoms with van der Waals surface area (Å²) in [5.41, 5.74) is -0.712. The number of hydrogen-bond donors (Lipinski definition) is 3. The van der Waals surface area contributed by atoms with Crippen LogP contribution in [0.15, 0.2) is 48.5 Å². The summed E-state index contributed by atoms with van der Waals surface area (Å²) in [6, 6.07) is 9.45. The number of ether oxygens (including phenoxy) is 1. The van der Waals surface area contributed by atoms with Crippen molar-refractivity contribution >= 4 is 29.2 Å². The zero-order chi connectivity index (χ0) is 25.8. The van der Waals surface area contributed by atoms with E-state index in [1.54, 1.807) is 0 Å².